The second-order valence-electron chi connectivity index (χ2n) is 11.4. The Kier molecular flexibility index (Phi) is 3.23. The first-order chi connectivity index (χ1) is 13.9. The van der Waals surface area contributed by atoms with E-state index in [9.17, 15) is 4.79 Å². The number of esters is 1. The molecule has 0 amide bonds. The van der Waals surface area contributed by atoms with Crippen LogP contribution in [0.4, 0.5) is 0 Å². The van der Waals surface area contributed by atoms with Crippen molar-refractivity contribution >= 4 is 5.97 Å². The molecule has 10 atom stereocenters. The number of rotatable bonds is 1. The Morgan fingerprint density at radius 3 is 2.86 bits per heavy atom. The predicted molar refractivity (Wildman–Crippen MR) is 106 cm³/mol. The summed E-state index contributed by atoms with van der Waals surface area (Å²) in [6.07, 6.45) is 8.86. The van der Waals surface area contributed by atoms with E-state index in [0.29, 0.717) is 17.8 Å². The highest BCUT2D eigenvalue weighted by Crippen LogP contribution is 2.79. The van der Waals surface area contributed by atoms with E-state index in [1.54, 1.807) is 6.92 Å². The highest BCUT2D eigenvalue weighted by Gasteiger charge is 2.81. The molecule has 0 N–H and O–H groups in total. The lowest BCUT2D eigenvalue weighted by Gasteiger charge is -2.80. The molecule has 0 aromatic heterocycles. The van der Waals surface area contributed by atoms with Crippen molar-refractivity contribution in [2.45, 2.75) is 83.5 Å². The predicted octanol–water partition coefficient (Wildman–Crippen LogP) is 3.48. The van der Waals surface area contributed by atoms with Gasteiger partial charge in [-0.3, -0.25) is 4.79 Å². The average molecular weight is 400 g/mol. The summed E-state index contributed by atoms with van der Waals surface area (Å²) in [4.78, 5) is 14.7. The lowest BCUT2D eigenvalue weighted by Crippen LogP contribution is -2.83. The fraction of sp³-hybridized carbons (Fsp3) is 0.875. The Hall–Kier alpha value is -0.910. The van der Waals surface area contributed by atoms with Crippen LogP contribution in [0.1, 0.15) is 58.8 Å². The van der Waals surface area contributed by atoms with Gasteiger partial charge < -0.3 is 14.2 Å². The van der Waals surface area contributed by atoms with Crippen molar-refractivity contribution in [1.29, 1.82) is 0 Å². The molecule has 158 valence electrons. The van der Waals surface area contributed by atoms with Gasteiger partial charge in [-0.1, -0.05) is 19.9 Å². The Morgan fingerprint density at radius 1 is 1.17 bits per heavy atom. The van der Waals surface area contributed by atoms with Gasteiger partial charge >= 0.3 is 5.97 Å². The maximum atomic E-state index is 12.1. The molecular weight excluding hydrogens is 366 g/mol. The Labute approximate surface area is 173 Å². The van der Waals surface area contributed by atoms with E-state index in [1.807, 2.05) is 0 Å². The molecule has 4 saturated heterocycles. The van der Waals surface area contributed by atoms with Crippen LogP contribution in [0.25, 0.3) is 0 Å². The molecule has 5 aliphatic carbocycles. The van der Waals surface area contributed by atoms with Crippen LogP contribution in [0.5, 0.6) is 0 Å². The molecule has 0 aromatic rings. The van der Waals surface area contributed by atoms with E-state index in [4.69, 9.17) is 14.2 Å². The number of ether oxygens (including phenoxy) is 3. The van der Waals surface area contributed by atoms with Crippen LogP contribution >= 0.6 is 0 Å². The Morgan fingerprint density at radius 2 is 2.03 bits per heavy atom. The van der Waals surface area contributed by atoms with Crippen molar-refractivity contribution in [3.05, 3.63) is 12.2 Å². The summed E-state index contributed by atoms with van der Waals surface area (Å²) in [5.74, 6) is 1.57. The summed E-state index contributed by atoms with van der Waals surface area (Å²) in [5, 5.41) is 0. The minimum Gasteiger partial charge on any atom is -0.457 e. The molecule has 5 nitrogen and oxygen atoms in total. The highest BCUT2D eigenvalue weighted by atomic mass is 16.6. The minimum absolute atomic E-state index is 0.0594. The van der Waals surface area contributed by atoms with Crippen LogP contribution in [0.3, 0.4) is 0 Å². The van der Waals surface area contributed by atoms with Gasteiger partial charge in [-0.2, -0.15) is 0 Å². The lowest BCUT2D eigenvalue weighted by atomic mass is 9.32. The second kappa shape index (κ2) is 5.28. The third-order valence-electron chi connectivity index (χ3n) is 10.7. The van der Waals surface area contributed by atoms with Gasteiger partial charge in [0.05, 0.1) is 12.7 Å². The van der Waals surface area contributed by atoms with Crippen molar-refractivity contribution in [3.63, 3.8) is 0 Å². The molecule has 5 saturated carbocycles. The molecule has 7 bridgehead atoms. The third kappa shape index (κ3) is 1.74. The van der Waals surface area contributed by atoms with Gasteiger partial charge in [-0.05, 0) is 61.9 Å². The van der Waals surface area contributed by atoms with Gasteiger partial charge in [0, 0.05) is 29.7 Å². The molecular formula is C24H33NO4. The van der Waals surface area contributed by atoms with Crippen molar-refractivity contribution in [1.82, 2.24) is 4.90 Å². The smallest absolute Gasteiger partial charge is 0.303 e. The molecule has 9 aliphatic rings. The van der Waals surface area contributed by atoms with E-state index in [-0.39, 0.29) is 46.9 Å². The number of fused-ring (bicyclic) bond motifs is 4. The van der Waals surface area contributed by atoms with Crippen LogP contribution in [-0.4, -0.2) is 48.7 Å². The lowest BCUT2D eigenvalue weighted by molar-refractivity contribution is -0.422. The third-order valence-corrected chi connectivity index (χ3v) is 10.7. The molecule has 0 aromatic carbocycles. The quantitative estimate of drug-likeness (QED) is 0.499. The van der Waals surface area contributed by atoms with Gasteiger partial charge in [0.25, 0.3) is 0 Å². The van der Waals surface area contributed by atoms with Crippen molar-refractivity contribution in [2.24, 2.45) is 34.0 Å². The summed E-state index contributed by atoms with van der Waals surface area (Å²) < 4.78 is 19.5. The van der Waals surface area contributed by atoms with E-state index in [1.165, 1.54) is 37.7 Å². The molecule has 4 heterocycles. The number of carbonyl (C=O) groups is 1. The number of hydrogen-bond acceptors (Lipinski definition) is 5. The van der Waals surface area contributed by atoms with Crippen LogP contribution in [0, 0.1) is 34.0 Å². The number of carbonyl (C=O) groups excluding carboxylic acids is 1. The number of piperidine rings is 1. The zero-order chi connectivity index (χ0) is 19.8. The summed E-state index contributed by atoms with van der Waals surface area (Å²) in [7, 11) is 0. The largest absolute Gasteiger partial charge is 0.457 e. The molecule has 9 fully saturated rings. The zero-order valence-corrected chi connectivity index (χ0v) is 17.7. The first-order valence-corrected chi connectivity index (χ1v) is 11.8. The minimum atomic E-state index is -0.169. The summed E-state index contributed by atoms with van der Waals surface area (Å²) in [6, 6.07) is 0. The average Bonchev–Trinajstić information content (AvgIpc) is 3.19. The summed E-state index contributed by atoms with van der Waals surface area (Å²) in [6.45, 7) is 10.3. The monoisotopic (exact) mass is 399 g/mol. The van der Waals surface area contributed by atoms with Gasteiger partial charge in [-0.15, -0.1) is 0 Å². The van der Waals surface area contributed by atoms with Crippen LogP contribution in [-0.2, 0) is 19.0 Å². The fourth-order valence-corrected chi connectivity index (χ4v) is 10.0. The first kappa shape index (κ1) is 17.7. The molecule has 29 heavy (non-hydrogen) atoms. The van der Waals surface area contributed by atoms with E-state index < -0.39 is 0 Å². The molecule has 9 rings (SSSR count). The Bertz CT molecular complexity index is 813. The standard InChI is InChI=1S/C24H33NO4/c1-13-15-5-8-24(19(13)28-14(2)26)17(11-15)23-7-4-6-22(3)16(23)12-18(24)29-21(23)25-9-10-27-20(22)25/h15-21H,1,4-12H2,2-3H3/t15?,16-,17+,18?,19?,20+,21+,22?,23?,24?/m1/s1. The number of nitrogens with zero attached hydrogens (tertiary/aromatic N) is 1. The highest BCUT2D eigenvalue weighted by molar-refractivity contribution is 5.67. The first-order valence-electron chi connectivity index (χ1n) is 11.8. The summed E-state index contributed by atoms with van der Waals surface area (Å²) in [5.41, 5.74) is 1.51. The van der Waals surface area contributed by atoms with Crippen molar-refractivity contribution in [3.8, 4) is 0 Å². The van der Waals surface area contributed by atoms with Gasteiger partial charge in [0.2, 0.25) is 0 Å². The van der Waals surface area contributed by atoms with E-state index in [2.05, 4.69) is 18.4 Å². The van der Waals surface area contributed by atoms with Crippen molar-refractivity contribution in [2.75, 3.05) is 13.2 Å². The van der Waals surface area contributed by atoms with E-state index >= 15 is 0 Å². The van der Waals surface area contributed by atoms with E-state index in [0.717, 1.165) is 26.0 Å². The second-order valence-corrected chi connectivity index (χ2v) is 11.4. The molecule has 4 aliphatic heterocycles. The maximum absolute atomic E-state index is 12.1. The van der Waals surface area contributed by atoms with Gasteiger partial charge in [0.1, 0.15) is 18.6 Å². The topological polar surface area (TPSA) is 48.0 Å². The molecule has 2 spiro atoms. The normalized spacial score (nSPS) is 59.4. The Balaban J connectivity index is 1.42. The SMILES string of the molecule is C=C1C2CCC3(C4C[C@@H]5C6(C)CCCC5([C@H](O4)N4CCO[C@H]46)[C@@H]3C2)C1OC(C)=O. The van der Waals surface area contributed by atoms with Gasteiger partial charge in [0.15, 0.2) is 0 Å². The molecule has 5 heteroatoms. The summed E-state index contributed by atoms with van der Waals surface area (Å²) >= 11 is 0. The molecule has 6 unspecified atom stereocenters. The molecule has 0 radical (unpaired) electrons. The van der Waals surface area contributed by atoms with Crippen LogP contribution in [0.15, 0.2) is 12.2 Å². The maximum Gasteiger partial charge on any atom is 0.303 e. The van der Waals surface area contributed by atoms with Crippen LogP contribution < -0.4 is 0 Å². The number of hydrogen-bond donors (Lipinski definition) is 0. The van der Waals surface area contributed by atoms with Crippen molar-refractivity contribution < 1.29 is 19.0 Å². The zero-order valence-electron chi connectivity index (χ0n) is 17.7. The van der Waals surface area contributed by atoms with Gasteiger partial charge in [-0.25, -0.2) is 4.90 Å². The van der Waals surface area contributed by atoms with Crippen LogP contribution in [0.2, 0.25) is 0 Å². The fourth-order valence-electron chi connectivity index (χ4n) is 10.0.